The van der Waals surface area contributed by atoms with Gasteiger partial charge in [-0.15, -0.1) is 0 Å². The van der Waals surface area contributed by atoms with Crippen molar-refractivity contribution in [3.63, 3.8) is 0 Å². The van der Waals surface area contributed by atoms with Crippen molar-refractivity contribution in [3.05, 3.63) is 70.7 Å². The van der Waals surface area contributed by atoms with Gasteiger partial charge in [-0.25, -0.2) is 0 Å². The van der Waals surface area contributed by atoms with Crippen LogP contribution in [0.1, 0.15) is 63.5 Å². The molecule has 2 aromatic carbocycles. The second-order valence-corrected chi connectivity index (χ2v) is 9.37. The number of rotatable bonds is 8. The molecule has 1 fully saturated rings. The van der Waals surface area contributed by atoms with E-state index < -0.39 is 5.60 Å². The fourth-order valence-electron chi connectivity index (χ4n) is 4.94. The molecule has 166 valence electrons. The Morgan fingerprint density at radius 2 is 1.61 bits per heavy atom. The molecule has 0 amide bonds. The van der Waals surface area contributed by atoms with Crippen LogP contribution in [0.5, 0.6) is 0 Å². The highest BCUT2D eigenvalue weighted by molar-refractivity contribution is 6.31. The lowest BCUT2D eigenvalue weighted by Crippen LogP contribution is -2.47. The number of benzene rings is 2. The maximum atomic E-state index is 11.7. The van der Waals surface area contributed by atoms with E-state index in [1.165, 1.54) is 24.8 Å². The lowest BCUT2D eigenvalue weighted by molar-refractivity contribution is -0.937. The fourth-order valence-corrected chi connectivity index (χ4v) is 5.14. The number of halogens is 1. The monoisotopic (exact) mass is 438 g/mol. The van der Waals surface area contributed by atoms with Crippen molar-refractivity contribution in [2.75, 3.05) is 19.6 Å². The van der Waals surface area contributed by atoms with Crippen LogP contribution in [0.25, 0.3) is 0 Å². The van der Waals surface area contributed by atoms with Gasteiger partial charge in [0.1, 0.15) is 6.54 Å². The van der Waals surface area contributed by atoms with Gasteiger partial charge < -0.3 is 9.59 Å². The fraction of sp³-hybridized carbons (Fsp3) is 0.500. The zero-order valence-corrected chi connectivity index (χ0v) is 19.9. The van der Waals surface area contributed by atoms with Gasteiger partial charge >= 0.3 is 0 Å². The zero-order chi connectivity index (χ0) is 22.2. The molecule has 0 aromatic heterocycles. The second kappa shape index (κ2) is 11.2. The largest absolute Gasteiger partial charge is 0.373 e. The highest BCUT2D eigenvalue weighted by Crippen LogP contribution is 2.39. The first kappa shape index (κ1) is 23.9. The number of aliphatic hydroxyl groups is 1. The standard InChI is InChI=1S/C28H37ClNO/c1-3-30(4-2,23-24-15-11-12-20-27(24)29)22-14-13-21-28(31,25-16-7-5-8-17-25)26-18-9-6-10-19-26/h5,7-8,11-12,15-17,20,26,31H,3-4,6,9-10,14,18-19,22-23H2,1-2H3/q+1/t28-/m0/s1. The maximum absolute atomic E-state index is 11.7. The molecule has 0 saturated heterocycles. The predicted molar refractivity (Wildman–Crippen MR) is 131 cm³/mol. The summed E-state index contributed by atoms with van der Waals surface area (Å²) in [5.74, 6) is 6.96. The Balaban J connectivity index is 1.77. The minimum absolute atomic E-state index is 0.218. The van der Waals surface area contributed by atoms with E-state index in [1.807, 2.05) is 42.5 Å². The Morgan fingerprint density at radius 1 is 0.968 bits per heavy atom. The zero-order valence-electron chi connectivity index (χ0n) is 19.1. The van der Waals surface area contributed by atoms with Crippen LogP contribution in [0.4, 0.5) is 0 Å². The Kier molecular flexibility index (Phi) is 8.61. The normalized spacial score (nSPS) is 16.9. The minimum Gasteiger partial charge on any atom is -0.373 e. The van der Waals surface area contributed by atoms with Crippen LogP contribution in [0.3, 0.4) is 0 Å². The van der Waals surface area contributed by atoms with E-state index in [1.54, 1.807) is 0 Å². The first-order valence-corrected chi connectivity index (χ1v) is 12.3. The van der Waals surface area contributed by atoms with Gasteiger partial charge in [-0.2, -0.15) is 0 Å². The Labute approximate surface area is 193 Å². The minimum atomic E-state index is -1.04. The Morgan fingerprint density at radius 3 is 2.26 bits per heavy atom. The van der Waals surface area contributed by atoms with Crippen molar-refractivity contribution in [1.82, 2.24) is 0 Å². The molecule has 2 nitrogen and oxygen atoms in total. The predicted octanol–water partition coefficient (Wildman–Crippen LogP) is 6.56. The van der Waals surface area contributed by atoms with E-state index >= 15 is 0 Å². The van der Waals surface area contributed by atoms with E-state index in [9.17, 15) is 5.11 Å². The Bertz CT molecular complexity index is 875. The molecule has 3 rings (SSSR count). The third-order valence-electron chi connectivity index (χ3n) is 7.21. The molecule has 1 N–H and O–H groups in total. The summed E-state index contributed by atoms with van der Waals surface area (Å²) in [5, 5.41) is 12.6. The van der Waals surface area contributed by atoms with Crippen LogP contribution in [-0.2, 0) is 12.1 Å². The first-order chi connectivity index (χ1) is 15.0. The lowest BCUT2D eigenvalue weighted by Gasteiger charge is -2.37. The van der Waals surface area contributed by atoms with Crippen molar-refractivity contribution >= 4 is 11.6 Å². The van der Waals surface area contributed by atoms with Crippen LogP contribution in [-0.4, -0.2) is 29.2 Å². The van der Waals surface area contributed by atoms with Gasteiger partial charge in [0.05, 0.1) is 26.1 Å². The van der Waals surface area contributed by atoms with Crippen molar-refractivity contribution in [3.8, 4) is 11.8 Å². The molecular weight excluding hydrogens is 402 g/mol. The number of quaternary nitrogens is 1. The molecule has 31 heavy (non-hydrogen) atoms. The highest BCUT2D eigenvalue weighted by Gasteiger charge is 2.37. The number of hydrogen-bond acceptors (Lipinski definition) is 1. The summed E-state index contributed by atoms with van der Waals surface area (Å²) in [4.78, 5) is 0. The lowest BCUT2D eigenvalue weighted by atomic mass is 9.73. The molecule has 1 aliphatic carbocycles. The third kappa shape index (κ3) is 5.92. The van der Waals surface area contributed by atoms with E-state index in [0.29, 0.717) is 0 Å². The quantitative estimate of drug-likeness (QED) is 0.365. The number of nitrogens with zero attached hydrogens (tertiary/aromatic N) is 1. The molecule has 2 aromatic rings. The van der Waals surface area contributed by atoms with Crippen LogP contribution >= 0.6 is 11.6 Å². The summed E-state index contributed by atoms with van der Waals surface area (Å²) in [5.41, 5.74) is 1.10. The van der Waals surface area contributed by atoms with Crippen molar-refractivity contribution in [2.45, 2.75) is 64.5 Å². The van der Waals surface area contributed by atoms with E-state index in [2.05, 4.69) is 37.8 Å². The molecule has 0 unspecified atom stereocenters. The van der Waals surface area contributed by atoms with Gasteiger partial charge in [0.2, 0.25) is 0 Å². The van der Waals surface area contributed by atoms with Gasteiger partial charge in [0.25, 0.3) is 0 Å². The molecule has 3 heteroatoms. The first-order valence-electron chi connectivity index (χ1n) is 11.9. The van der Waals surface area contributed by atoms with Crippen molar-refractivity contribution in [2.24, 2.45) is 5.92 Å². The van der Waals surface area contributed by atoms with E-state index in [4.69, 9.17) is 11.6 Å². The van der Waals surface area contributed by atoms with Gasteiger partial charge in [0, 0.05) is 16.5 Å². The molecule has 1 aliphatic rings. The van der Waals surface area contributed by atoms with Gasteiger partial charge in [-0.1, -0.05) is 91.2 Å². The van der Waals surface area contributed by atoms with Crippen LogP contribution in [0.15, 0.2) is 54.6 Å². The van der Waals surface area contributed by atoms with Crippen LogP contribution in [0, 0.1) is 17.8 Å². The summed E-state index contributed by atoms with van der Waals surface area (Å²) >= 11 is 6.45. The third-order valence-corrected chi connectivity index (χ3v) is 7.57. The van der Waals surface area contributed by atoms with Crippen molar-refractivity contribution < 1.29 is 9.59 Å². The average molecular weight is 439 g/mol. The molecule has 1 atom stereocenters. The second-order valence-electron chi connectivity index (χ2n) is 8.97. The highest BCUT2D eigenvalue weighted by atomic mass is 35.5. The maximum Gasteiger partial charge on any atom is 0.153 e. The molecule has 1 saturated carbocycles. The smallest absolute Gasteiger partial charge is 0.153 e. The molecular formula is C28H37ClNO+. The molecule has 0 spiro atoms. The summed E-state index contributed by atoms with van der Waals surface area (Å²) < 4.78 is 0.950. The SMILES string of the molecule is CC[N+](CC)(CCC#C[C@](O)(c1ccccc1)C1CCCCC1)Cc1ccccc1Cl. The summed E-state index contributed by atoms with van der Waals surface area (Å²) in [6.07, 6.45) is 6.51. The molecule has 0 aliphatic heterocycles. The average Bonchev–Trinajstić information content (AvgIpc) is 2.83. The summed E-state index contributed by atoms with van der Waals surface area (Å²) in [7, 11) is 0. The topological polar surface area (TPSA) is 20.2 Å². The number of hydrogen-bond donors (Lipinski definition) is 1. The van der Waals surface area contributed by atoms with Crippen molar-refractivity contribution in [1.29, 1.82) is 0 Å². The molecule has 0 radical (unpaired) electrons. The van der Waals surface area contributed by atoms with E-state index in [-0.39, 0.29) is 5.92 Å². The van der Waals surface area contributed by atoms with Gasteiger partial charge in [0.15, 0.2) is 5.60 Å². The van der Waals surface area contributed by atoms with Gasteiger partial charge in [-0.05, 0) is 38.3 Å². The summed E-state index contributed by atoms with van der Waals surface area (Å²) in [6, 6.07) is 18.2. The summed E-state index contributed by atoms with van der Waals surface area (Å²) in [6.45, 7) is 8.44. The molecule has 0 heterocycles. The van der Waals surface area contributed by atoms with Gasteiger partial charge in [-0.3, -0.25) is 0 Å². The van der Waals surface area contributed by atoms with E-state index in [0.717, 1.165) is 60.5 Å². The molecule has 0 bridgehead atoms. The van der Waals surface area contributed by atoms with Crippen LogP contribution < -0.4 is 0 Å². The Hall–Kier alpha value is -1.79. The van der Waals surface area contributed by atoms with Crippen LogP contribution in [0.2, 0.25) is 5.02 Å².